The Kier molecular flexibility index (Phi) is 6.29. The van der Waals surface area contributed by atoms with Gasteiger partial charge in [-0.25, -0.2) is 0 Å². The molecule has 0 aliphatic carbocycles. The number of carbonyl (C=O) groups is 1. The van der Waals surface area contributed by atoms with Crippen LogP contribution in [0.25, 0.3) is 0 Å². The highest BCUT2D eigenvalue weighted by Gasteiger charge is 2.38. The minimum absolute atomic E-state index is 0.00745. The van der Waals surface area contributed by atoms with Gasteiger partial charge in [-0.3, -0.25) is 9.00 Å². The first-order chi connectivity index (χ1) is 8.50. The highest BCUT2D eigenvalue weighted by atomic mass is 32.2. The Hall–Kier alpha value is -0.420. The molecule has 4 nitrogen and oxygen atoms in total. The van der Waals surface area contributed by atoms with Crippen LogP contribution in [-0.4, -0.2) is 41.3 Å². The van der Waals surface area contributed by atoms with Crippen molar-refractivity contribution in [2.24, 2.45) is 5.41 Å². The van der Waals surface area contributed by atoms with E-state index in [1.807, 2.05) is 6.92 Å². The molecule has 0 saturated carbocycles. The van der Waals surface area contributed by atoms with Crippen molar-refractivity contribution in [1.29, 1.82) is 0 Å². The number of hydrogen-bond donors (Lipinski definition) is 2. The van der Waals surface area contributed by atoms with E-state index in [4.69, 9.17) is 0 Å². The number of amides is 1. The van der Waals surface area contributed by atoms with Gasteiger partial charge in [0.25, 0.3) is 0 Å². The van der Waals surface area contributed by atoms with Gasteiger partial charge in [-0.15, -0.1) is 0 Å². The number of rotatable bonds is 6. The topological polar surface area (TPSA) is 58.2 Å². The summed E-state index contributed by atoms with van der Waals surface area (Å²) in [6, 6.07) is -0.00745. The molecule has 5 heteroatoms. The summed E-state index contributed by atoms with van der Waals surface area (Å²) in [5.41, 5.74) is -0.205. The highest BCUT2D eigenvalue weighted by Crippen LogP contribution is 2.34. The average Bonchev–Trinajstić information content (AvgIpc) is 2.29. The fourth-order valence-corrected chi connectivity index (χ4v) is 3.53. The van der Waals surface area contributed by atoms with Gasteiger partial charge in [0, 0.05) is 28.9 Å². The molecule has 1 aliphatic heterocycles. The zero-order valence-electron chi connectivity index (χ0n) is 11.8. The van der Waals surface area contributed by atoms with Gasteiger partial charge < -0.3 is 10.6 Å². The van der Waals surface area contributed by atoms with E-state index >= 15 is 0 Å². The lowest BCUT2D eigenvalue weighted by Gasteiger charge is -2.37. The zero-order valence-corrected chi connectivity index (χ0v) is 12.6. The van der Waals surface area contributed by atoms with Crippen LogP contribution in [0.1, 0.15) is 39.5 Å². The zero-order chi connectivity index (χ0) is 13.6. The summed E-state index contributed by atoms with van der Waals surface area (Å²) < 4.78 is 11.2. The van der Waals surface area contributed by atoms with E-state index in [-0.39, 0.29) is 17.4 Å². The molecule has 106 valence electrons. The van der Waals surface area contributed by atoms with E-state index in [1.54, 1.807) is 6.26 Å². The number of piperidine rings is 1. The fourth-order valence-electron chi connectivity index (χ4n) is 2.75. The Morgan fingerprint density at radius 1 is 1.44 bits per heavy atom. The van der Waals surface area contributed by atoms with Gasteiger partial charge in [0.05, 0.1) is 5.41 Å². The maximum Gasteiger partial charge on any atom is 0.226 e. The molecule has 1 amide bonds. The molecule has 2 atom stereocenters. The quantitative estimate of drug-likeness (QED) is 0.761. The van der Waals surface area contributed by atoms with Crippen LogP contribution in [0.15, 0.2) is 0 Å². The molecule has 0 aromatic carbocycles. The Labute approximate surface area is 113 Å². The van der Waals surface area contributed by atoms with E-state index in [9.17, 15) is 9.00 Å². The van der Waals surface area contributed by atoms with E-state index in [1.165, 1.54) is 0 Å². The third-order valence-electron chi connectivity index (χ3n) is 3.63. The van der Waals surface area contributed by atoms with Gasteiger partial charge in [-0.1, -0.05) is 13.3 Å². The Balaban J connectivity index is 2.61. The second kappa shape index (κ2) is 7.24. The standard InChI is InChI=1S/C13H26N2O2S/c1-4-5-13(6-8-14-9-7-13)12(16)15-11(2)10-18(3)17/h11,14H,4-10H2,1-3H3,(H,15,16). The summed E-state index contributed by atoms with van der Waals surface area (Å²) >= 11 is 0. The van der Waals surface area contributed by atoms with Gasteiger partial charge in [0.1, 0.15) is 0 Å². The molecule has 1 saturated heterocycles. The summed E-state index contributed by atoms with van der Waals surface area (Å²) in [5, 5.41) is 6.36. The molecule has 2 unspecified atom stereocenters. The molecular formula is C13H26N2O2S. The Bertz CT molecular complexity index is 296. The van der Waals surface area contributed by atoms with Gasteiger partial charge >= 0.3 is 0 Å². The van der Waals surface area contributed by atoms with Crippen molar-refractivity contribution in [2.75, 3.05) is 25.1 Å². The third-order valence-corrected chi connectivity index (χ3v) is 4.60. The highest BCUT2D eigenvalue weighted by molar-refractivity contribution is 7.84. The van der Waals surface area contributed by atoms with Crippen molar-refractivity contribution >= 4 is 16.7 Å². The van der Waals surface area contributed by atoms with Crippen LogP contribution in [0, 0.1) is 5.41 Å². The molecule has 0 aromatic rings. The Morgan fingerprint density at radius 3 is 2.56 bits per heavy atom. The van der Waals surface area contributed by atoms with Crippen molar-refractivity contribution in [1.82, 2.24) is 10.6 Å². The second-order valence-electron chi connectivity index (χ2n) is 5.39. The van der Waals surface area contributed by atoms with Gasteiger partial charge in [-0.2, -0.15) is 0 Å². The van der Waals surface area contributed by atoms with E-state index in [2.05, 4.69) is 17.6 Å². The lowest BCUT2D eigenvalue weighted by Crippen LogP contribution is -2.50. The largest absolute Gasteiger partial charge is 0.352 e. The maximum absolute atomic E-state index is 12.5. The first-order valence-corrected chi connectivity index (χ1v) is 8.54. The Morgan fingerprint density at radius 2 is 2.06 bits per heavy atom. The van der Waals surface area contributed by atoms with Gasteiger partial charge in [0.15, 0.2) is 0 Å². The van der Waals surface area contributed by atoms with Crippen molar-refractivity contribution < 1.29 is 9.00 Å². The van der Waals surface area contributed by atoms with E-state index in [0.29, 0.717) is 5.75 Å². The molecular weight excluding hydrogens is 248 g/mol. The lowest BCUT2D eigenvalue weighted by molar-refractivity contribution is -0.133. The molecule has 2 N–H and O–H groups in total. The van der Waals surface area contributed by atoms with E-state index in [0.717, 1.165) is 38.8 Å². The van der Waals surface area contributed by atoms with Crippen molar-refractivity contribution in [2.45, 2.75) is 45.6 Å². The molecule has 1 fully saturated rings. The molecule has 0 aromatic heterocycles. The van der Waals surface area contributed by atoms with Gasteiger partial charge in [0.2, 0.25) is 5.91 Å². The summed E-state index contributed by atoms with van der Waals surface area (Å²) in [6.45, 7) is 5.89. The molecule has 18 heavy (non-hydrogen) atoms. The lowest BCUT2D eigenvalue weighted by atomic mass is 9.74. The van der Waals surface area contributed by atoms with Crippen LogP contribution in [0.3, 0.4) is 0 Å². The van der Waals surface area contributed by atoms with Crippen LogP contribution >= 0.6 is 0 Å². The van der Waals surface area contributed by atoms with Crippen molar-refractivity contribution in [3.05, 3.63) is 0 Å². The van der Waals surface area contributed by atoms with Crippen LogP contribution in [0.5, 0.6) is 0 Å². The van der Waals surface area contributed by atoms with Crippen LogP contribution < -0.4 is 10.6 Å². The predicted molar refractivity (Wildman–Crippen MR) is 76.0 cm³/mol. The predicted octanol–water partition coefficient (Wildman–Crippen LogP) is 1.04. The molecule has 0 radical (unpaired) electrons. The minimum Gasteiger partial charge on any atom is -0.352 e. The normalized spacial score (nSPS) is 22.2. The molecule has 0 bridgehead atoms. The minimum atomic E-state index is -0.861. The summed E-state index contributed by atoms with van der Waals surface area (Å²) in [6.07, 6.45) is 5.47. The summed E-state index contributed by atoms with van der Waals surface area (Å²) in [4.78, 5) is 12.5. The fraction of sp³-hybridized carbons (Fsp3) is 0.923. The van der Waals surface area contributed by atoms with Crippen molar-refractivity contribution in [3.63, 3.8) is 0 Å². The first kappa shape index (κ1) is 15.6. The van der Waals surface area contributed by atoms with Crippen LogP contribution in [0.2, 0.25) is 0 Å². The van der Waals surface area contributed by atoms with Crippen LogP contribution in [-0.2, 0) is 15.6 Å². The molecule has 0 spiro atoms. The average molecular weight is 274 g/mol. The third kappa shape index (κ3) is 4.35. The summed E-state index contributed by atoms with van der Waals surface area (Å²) in [5.74, 6) is 0.690. The number of nitrogens with one attached hydrogen (secondary N) is 2. The SMILES string of the molecule is CCCC1(C(=O)NC(C)CS(C)=O)CCNCC1. The second-order valence-corrected chi connectivity index (χ2v) is 6.87. The van der Waals surface area contributed by atoms with E-state index < -0.39 is 10.8 Å². The smallest absolute Gasteiger partial charge is 0.226 e. The van der Waals surface area contributed by atoms with Gasteiger partial charge in [-0.05, 0) is 39.3 Å². The first-order valence-electron chi connectivity index (χ1n) is 6.82. The molecule has 1 heterocycles. The number of hydrogen-bond acceptors (Lipinski definition) is 3. The summed E-state index contributed by atoms with van der Waals surface area (Å²) in [7, 11) is -0.861. The number of carbonyl (C=O) groups excluding carboxylic acids is 1. The monoisotopic (exact) mass is 274 g/mol. The molecule has 1 aliphatic rings. The maximum atomic E-state index is 12.5. The molecule has 1 rings (SSSR count). The van der Waals surface area contributed by atoms with Crippen LogP contribution in [0.4, 0.5) is 0 Å². The van der Waals surface area contributed by atoms with Crippen molar-refractivity contribution in [3.8, 4) is 0 Å².